The van der Waals surface area contributed by atoms with E-state index in [1.165, 1.54) is 24.8 Å². The smallest absolute Gasteiger partial charge is 0.122 e. The zero-order chi connectivity index (χ0) is 13.7. The van der Waals surface area contributed by atoms with Gasteiger partial charge in [-0.1, -0.05) is 39.0 Å². The molecule has 0 bridgehead atoms. The lowest BCUT2D eigenvalue weighted by Crippen LogP contribution is -2.35. The topological polar surface area (TPSA) is 21.3 Å². The second-order valence-electron chi connectivity index (χ2n) is 5.73. The monoisotopic (exact) mass is 261 g/mol. The Morgan fingerprint density at radius 2 is 2.11 bits per heavy atom. The van der Waals surface area contributed by atoms with Crippen molar-refractivity contribution in [3.63, 3.8) is 0 Å². The first-order valence-electron chi connectivity index (χ1n) is 7.71. The fourth-order valence-electron chi connectivity index (χ4n) is 3.12. The highest BCUT2D eigenvalue weighted by Crippen LogP contribution is 2.37. The van der Waals surface area contributed by atoms with Crippen LogP contribution in [0.1, 0.15) is 51.5 Å². The first kappa shape index (κ1) is 14.4. The number of fused-ring (bicyclic) bond motifs is 1. The molecule has 2 heteroatoms. The van der Waals surface area contributed by atoms with Crippen LogP contribution in [0.4, 0.5) is 0 Å². The van der Waals surface area contributed by atoms with E-state index in [0.29, 0.717) is 17.9 Å². The number of hydrogen-bond donors (Lipinski definition) is 1. The van der Waals surface area contributed by atoms with Crippen molar-refractivity contribution >= 4 is 0 Å². The summed E-state index contributed by atoms with van der Waals surface area (Å²) >= 11 is 0. The van der Waals surface area contributed by atoms with Gasteiger partial charge in [0.25, 0.3) is 0 Å². The molecule has 1 aliphatic rings. The molecule has 1 aromatic carbocycles. The molecule has 2 rings (SSSR count). The molecular formula is C17H27NO. The first-order chi connectivity index (χ1) is 9.26. The van der Waals surface area contributed by atoms with Crippen LogP contribution < -0.4 is 10.1 Å². The van der Waals surface area contributed by atoms with Gasteiger partial charge in [0.2, 0.25) is 0 Å². The number of ether oxygens (including phenoxy) is 1. The summed E-state index contributed by atoms with van der Waals surface area (Å²) in [5.74, 6) is 2.36. The highest BCUT2D eigenvalue weighted by Gasteiger charge is 2.27. The van der Waals surface area contributed by atoms with Crippen LogP contribution in [0.5, 0.6) is 5.75 Å². The van der Waals surface area contributed by atoms with Crippen LogP contribution in [-0.4, -0.2) is 19.2 Å². The second-order valence-corrected chi connectivity index (χ2v) is 5.73. The van der Waals surface area contributed by atoms with Crippen molar-refractivity contribution in [2.45, 2.75) is 52.0 Å². The third-order valence-corrected chi connectivity index (χ3v) is 4.24. The lowest BCUT2D eigenvalue weighted by atomic mass is 9.86. The molecule has 0 amide bonds. The van der Waals surface area contributed by atoms with Gasteiger partial charge >= 0.3 is 0 Å². The predicted molar refractivity (Wildman–Crippen MR) is 80.8 cm³/mol. The number of hydrogen-bond acceptors (Lipinski definition) is 2. The van der Waals surface area contributed by atoms with Crippen molar-refractivity contribution in [1.29, 1.82) is 0 Å². The summed E-state index contributed by atoms with van der Waals surface area (Å²) < 4.78 is 5.79. The van der Waals surface area contributed by atoms with Gasteiger partial charge in [0.05, 0.1) is 6.61 Å². The van der Waals surface area contributed by atoms with Crippen LogP contribution >= 0.6 is 0 Å². The molecule has 1 heterocycles. The van der Waals surface area contributed by atoms with Gasteiger partial charge in [-0.15, -0.1) is 0 Å². The van der Waals surface area contributed by atoms with Gasteiger partial charge in [-0.2, -0.15) is 0 Å². The summed E-state index contributed by atoms with van der Waals surface area (Å²) in [5, 5.41) is 3.68. The van der Waals surface area contributed by atoms with E-state index in [1.807, 2.05) is 0 Å². The molecule has 0 radical (unpaired) electrons. The van der Waals surface area contributed by atoms with Gasteiger partial charge in [-0.25, -0.2) is 0 Å². The molecule has 3 atom stereocenters. The molecule has 0 fully saturated rings. The molecule has 1 aliphatic heterocycles. The van der Waals surface area contributed by atoms with Gasteiger partial charge in [-0.05, 0) is 37.8 Å². The average molecular weight is 261 g/mol. The number of benzene rings is 1. The minimum absolute atomic E-state index is 0.573. The fraction of sp³-hybridized carbons (Fsp3) is 0.647. The van der Waals surface area contributed by atoms with E-state index in [0.717, 1.165) is 18.9 Å². The van der Waals surface area contributed by atoms with Crippen LogP contribution in [0.15, 0.2) is 24.3 Å². The zero-order valence-electron chi connectivity index (χ0n) is 12.5. The van der Waals surface area contributed by atoms with Crippen molar-refractivity contribution in [3.8, 4) is 5.75 Å². The van der Waals surface area contributed by atoms with Crippen molar-refractivity contribution in [2.75, 3.05) is 13.2 Å². The molecule has 1 N–H and O–H groups in total. The average Bonchev–Trinajstić information content (AvgIpc) is 2.83. The summed E-state index contributed by atoms with van der Waals surface area (Å²) in [6.07, 6.45) is 3.63. The molecular weight excluding hydrogens is 234 g/mol. The van der Waals surface area contributed by atoms with Gasteiger partial charge in [0.15, 0.2) is 0 Å². The quantitative estimate of drug-likeness (QED) is 0.802. The van der Waals surface area contributed by atoms with E-state index in [2.05, 4.69) is 50.4 Å². The Labute approximate surface area is 117 Å². The van der Waals surface area contributed by atoms with Gasteiger partial charge in [-0.3, -0.25) is 0 Å². The SMILES string of the molecule is CCCNC(CC)C(C)CC1COc2ccccc21. The van der Waals surface area contributed by atoms with Gasteiger partial charge < -0.3 is 10.1 Å². The normalized spacial score (nSPS) is 20.7. The maximum absolute atomic E-state index is 5.79. The van der Waals surface area contributed by atoms with Crippen LogP contribution in [0, 0.1) is 5.92 Å². The summed E-state index contributed by atoms with van der Waals surface area (Å²) in [4.78, 5) is 0. The van der Waals surface area contributed by atoms with Crippen molar-refractivity contribution < 1.29 is 4.74 Å². The van der Waals surface area contributed by atoms with Crippen molar-refractivity contribution in [2.24, 2.45) is 5.92 Å². The Morgan fingerprint density at radius 3 is 2.84 bits per heavy atom. The van der Waals surface area contributed by atoms with Crippen LogP contribution in [0.25, 0.3) is 0 Å². The van der Waals surface area contributed by atoms with E-state index in [-0.39, 0.29) is 0 Å². The van der Waals surface area contributed by atoms with E-state index in [9.17, 15) is 0 Å². The van der Waals surface area contributed by atoms with Gasteiger partial charge in [0, 0.05) is 17.5 Å². The Hall–Kier alpha value is -1.02. The summed E-state index contributed by atoms with van der Waals surface area (Å²) in [6, 6.07) is 9.13. The molecule has 1 aromatic rings. The minimum atomic E-state index is 0.573. The predicted octanol–water partition coefficient (Wildman–Crippen LogP) is 3.97. The Morgan fingerprint density at radius 1 is 1.32 bits per heavy atom. The van der Waals surface area contributed by atoms with E-state index in [1.54, 1.807) is 0 Å². The molecule has 0 aromatic heterocycles. The van der Waals surface area contributed by atoms with E-state index in [4.69, 9.17) is 4.74 Å². The number of para-hydroxylation sites is 1. The Balaban J connectivity index is 1.94. The van der Waals surface area contributed by atoms with Crippen molar-refractivity contribution in [3.05, 3.63) is 29.8 Å². The van der Waals surface area contributed by atoms with Crippen LogP contribution in [0.2, 0.25) is 0 Å². The maximum atomic E-state index is 5.79. The molecule has 0 spiro atoms. The number of rotatable bonds is 7. The first-order valence-corrected chi connectivity index (χ1v) is 7.71. The Bertz CT molecular complexity index is 391. The summed E-state index contributed by atoms with van der Waals surface area (Å²) in [6.45, 7) is 8.86. The Kier molecular flexibility index (Phi) is 5.26. The van der Waals surface area contributed by atoms with E-state index >= 15 is 0 Å². The molecule has 0 saturated heterocycles. The third-order valence-electron chi connectivity index (χ3n) is 4.24. The van der Waals surface area contributed by atoms with Crippen molar-refractivity contribution in [1.82, 2.24) is 5.32 Å². The molecule has 3 unspecified atom stereocenters. The number of nitrogens with one attached hydrogen (secondary N) is 1. The van der Waals surface area contributed by atoms with Crippen LogP contribution in [-0.2, 0) is 0 Å². The zero-order valence-corrected chi connectivity index (χ0v) is 12.5. The van der Waals surface area contributed by atoms with Gasteiger partial charge in [0.1, 0.15) is 5.75 Å². The standard InChI is InChI=1S/C17H27NO/c1-4-10-18-16(5-2)13(3)11-14-12-19-17-9-7-6-8-15(14)17/h6-9,13-14,16,18H,4-5,10-12H2,1-3H3. The lowest BCUT2D eigenvalue weighted by Gasteiger charge is -2.26. The van der Waals surface area contributed by atoms with E-state index < -0.39 is 0 Å². The summed E-state index contributed by atoms with van der Waals surface area (Å²) in [7, 11) is 0. The molecule has 106 valence electrons. The highest BCUT2D eigenvalue weighted by atomic mass is 16.5. The molecule has 2 nitrogen and oxygen atoms in total. The molecule has 0 aliphatic carbocycles. The minimum Gasteiger partial charge on any atom is -0.493 e. The molecule has 19 heavy (non-hydrogen) atoms. The third kappa shape index (κ3) is 3.50. The molecule has 0 saturated carbocycles. The van der Waals surface area contributed by atoms with Crippen LogP contribution in [0.3, 0.4) is 0 Å². The summed E-state index contributed by atoms with van der Waals surface area (Å²) in [5.41, 5.74) is 1.40. The largest absolute Gasteiger partial charge is 0.493 e. The fourth-order valence-corrected chi connectivity index (χ4v) is 3.12. The second kappa shape index (κ2) is 6.95. The highest BCUT2D eigenvalue weighted by molar-refractivity contribution is 5.39. The maximum Gasteiger partial charge on any atom is 0.122 e. The lowest BCUT2D eigenvalue weighted by molar-refractivity contribution is 0.281.